The van der Waals surface area contributed by atoms with E-state index in [0.717, 1.165) is 4.31 Å². The number of ether oxygens (including phenoxy) is 1. The number of carbonyl (C=O) groups is 1. The lowest BCUT2D eigenvalue weighted by atomic mass is 10.2. The molecule has 11 heteroatoms. The fourth-order valence-corrected chi connectivity index (χ4v) is 4.93. The molecule has 0 heterocycles. The van der Waals surface area contributed by atoms with Crippen molar-refractivity contribution in [1.82, 2.24) is 5.43 Å². The Hall–Kier alpha value is -2.78. The van der Waals surface area contributed by atoms with E-state index >= 15 is 0 Å². The summed E-state index contributed by atoms with van der Waals surface area (Å²) in [5.41, 5.74) is 3.06. The maximum atomic E-state index is 13.5. The summed E-state index contributed by atoms with van der Waals surface area (Å²) in [6, 6.07) is 17.0. The smallest absolute Gasteiger partial charge is 0.264 e. The van der Waals surface area contributed by atoms with Gasteiger partial charge in [-0.25, -0.2) is 13.8 Å². The molecule has 0 aliphatic heterocycles. The third-order valence-electron chi connectivity index (χ3n) is 4.48. The zero-order valence-electron chi connectivity index (χ0n) is 17.9. The molecule has 0 saturated heterocycles. The molecule has 0 aromatic heterocycles. The number of anilines is 1. The number of nitrogens with zero attached hydrogens (tertiary/aromatic N) is 2. The second-order valence-electron chi connectivity index (χ2n) is 6.83. The number of hydrazone groups is 1. The molecule has 0 unspecified atom stereocenters. The molecule has 0 spiro atoms. The average Bonchev–Trinajstić information content (AvgIpc) is 2.80. The van der Waals surface area contributed by atoms with Crippen molar-refractivity contribution in [1.29, 1.82) is 0 Å². The summed E-state index contributed by atoms with van der Waals surface area (Å²) in [7, 11) is -4.15. The number of para-hydroxylation sites is 2. The van der Waals surface area contributed by atoms with E-state index in [9.17, 15) is 13.2 Å². The second-order valence-corrected chi connectivity index (χ2v) is 9.97. The predicted molar refractivity (Wildman–Crippen MR) is 136 cm³/mol. The van der Waals surface area contributed by atoms with Crippen molar-refractivity contribution in [2.75, 3.05) is 17.5 Å². The van der Waals surface area contributed by atoms with Gasteiger partial charge >= 0.3 is 0 Å². The first-order valence-electron chi connectivity index (χ1n) is 9.99. The van der Waals surface area contributed by atoms with Gasteiger partial charge in [-0.15, -0.1) is 0 Å². The van der Waals surface area contributed by atoms with Crippen molar-refractivity contribution in [2.24, 2.45) is 5.10 Å². The van der Waals surface area contributed by atoms with E-state index < -0.39 is 22.5 Å². The van der Waals surface area contributed by atoms with Crippen molar-refractivity contribution in [2.45, 2.75) is 11.8 Å². The van der Waals surface area contributed by atoms with Crippen LogP contribution in [0.15, 0.2) is 76.7 Å². The maximum absolute atomic E-state index is 13.5. The van der Waals surface area contributed by atoms with E-state index in [4.69, 9.17) is 39.5 Å². The van der Waals surface area contributed by atoms with E-state index in [1.165, 1.54) is 36.5 Å². The first-order chi connectivity index (χ1) is 16.2. The molecule has 1 N–H and O–H groups in total. The summed E-state index contributed by atoms with van der Waals surface area (Å²) in [5, 5.41) is 5.07. The van der Waals surface area contributed by atoms with Gasteiger partial charge in [0.25, 0.3) is 15.9 Å². The van der Waals surface area contributed by atoms with Gasteiger partial charge in [0.2, 0.25) is 0 Å². The van der Waals surface area contributed by atoms with Gasteiger partial charge in [0, 0.05) is 15.6 Å². The van der Waals surface area contributed by atoms with Crippen LogP contribution >= 0.6 is 34.8 Å². The van der Waals surface area contributed by atoms with Crippen molar-refractivity contribution in [3.8, 4) is 5.75 Å². The monoisotopic (exact) mass is 539 g/mol. The fraction of sp³-hybridized carbons (Fsp3) is 0.130. The lowest BCUT2D eigenvalue weighted by molar-refractivity contribution is -0.119. The van der Waals surface area contributed by atoms with Crippen LogP contribution in [0.25, 0.3) is 0 Å². The third-order valence-corrected chi connectivity index (χ3v) is 7.07. The molecule has 178 valence electrons. The van der Waals surface area contributed by atoms with Gasteiger partial charge in [0.1, 0.15) is 12.3 Å². The molecule has 0 bridgehead atoms. The highest BCUT2D eigenvalue weighted by Gasteiger charge is 2.29. The number of rotatable bonds is 9. The van der Waals surface area contributed by atoms with Crippen molar-refractivity contribution in [3.05, 3.63) is 87.4 Å². The number of benzene rings is 3. The molecule has 3 rings (SSSR count). The largest absolute Gasteiger partial charge is 0.492 e. The molecule has 3 aromatic carbocycles. The topological polar surface area (TPSA) is 88.1 Å². The molecule has 0 radical (unpaired) electrons. The quantitative estimate of drug-likeness (QED) is 0.291. The molecule has 3 aromatic rings. The maximum Gasteiger partial charge on any atom is 0.264 e. The van der Waals surface area contributed by atoms with Crippen LogP contribution in [0.2, 0.25) is 15.1 Å². The number of halogens is 3. The molecule has 1 amide bonds. The number of nitrogens with one attached hydrogen (secondary N) is 1. The number of hydrogen-bond acceptors (Lipinski definition) is 5. The van der Waals surface area contributed by atoms with E-state index in [0.29, 0.717) is 33.0 Å². The zero-order chi connectivity index (χ0) is 24.7. The van der Waals surface area contributed by atoms with Gasteiger partial charge in [-0.3, -0.25) is 9.10 Å². The molecule has 0 fully saturated rings. The van der Waals surface area contributed by atoms with Gasteiger partial charge in [0.05, 0.1) is 28.4 Å². The Labute approximate surface area is 212 Å². The second kappa shape index (κ2) is 11.6. The highest BCUT2D eigenvalue weighted by Crippen LogP contribution is 2.32. The number of hydrogen-bond donors (Lipinski definition) is 1. The van der Waals surface area contributed by atoms with Gasteiger partial charge in [-0.2, -0.15) is 5.10 Å². The molecule has 0 saturated carbocycles. The van der Waals surface area contributed by atoms with Crippen LogP contribution < -0.4 is 14.5 Å². The minimum atomic E-state index is -4.15. The SMILES string of the molecule is CCOc1ccccc1N(CC(=O)N/N=C\c1ccc(Cl)cc1Cl)S(=O)(=O)c1ccc(Cl)cc1. The number of amides is 1. The van der Waals surface area contributed by atoms with Gasteiger partial charge in [-0.05, 0) is 55.5 Å². The lowest BCUT2D eigenvalue weighted by Gasteiger charge is -2.25. The third kappa shape index (κ3) is 6.42. The van der Waals surface area contributed by atoms with Crippen LogP contribution in [-0.2, 0) is 14.8 Å². The molecule has 0 atom stereocenters. The number of carbonyl (C=O) groups excluding carboxylic acids is 1. The summed E-state index contributed by atoms with van der Waals surface area (Å²) in [4.78, 5) is 12.7. The van der Waals surface area contributed by atoms with E-state index in [1.807, 2.05) is 0 Å². The zero-order valence-corrected chi connectivity index (χ0v) is 21.0. The van der Waals surface area contributed by atoms with Crippen LogP contribution in [0.5, 0.6) is 5.75 Å². The molecule has 0 aliphatic carbocycles. The Morgan fingerprint density at radius 3 is 2.38 bits per heavy atom. The van der Waals surface area contributed by atoms with Crippen molar-refractivity contribution in [3.63, 3.8) is 0 Å². The first kappa shape index (κ1) is 25.8. The molecular formula is C23H20Cl3N3O4S. The van der Waals surface area contributed by atoms with Crippen molar-refractivity contribution < 1.29 is 17.9 Å². The first-order valence-corrected chi connectivity index (χ1v) is 12.6. The van der Waals surface area contributed by atoms with Gasteiger partial charge in [0.15, 0.2) is 0 Å². The van der Waals surface area contributed by atoms with E-state index in [-0.39, 0.29) is 10.6 Å². The summed E-state index contributed by atoms with van der Waals surface area (Å²) < 4.78 is 33.5. The minimum Gasteiger partial charge on any atom is -0.492 e. The Balaban J connectivity index is 1.90. The lowest BCUT2D eigenvalue weighted by Crippen LogP contribution is -2.39. The van der Waals surface area contributed by atoms with Gasteiger partial charge in [-0.1, -0.05) is 53.0 Å². The van der Waals surface area contributed by atoms with Crippen LogP contribution in [0, 0.1) is 0 Å². The summed E-state index contributed by atoms with van der Waals surface area (Å²) in [6.07, 6.45) is 1.34. The van der Waals surface area contributed by atoms with Crippen molar-refractivity contribution >= 4 is 62.6 Å². The fourth-order valence-electron chi connectivity index (χ4n) is 2.92. The molecule has 7 nitrogen and oxygen atoms in total. The Morgan fingerprint density at radius 1 is 1.03 bits per heavy atom. The van der Waals surface area contributed by atoms with E-state index in [1.54, 1.807) is 43.3 Å². The average molecular weight is 541 g/mol. The normalized spacial score (nSPS) is 11.4. The predicted octanol–water partition coefficient (Wildman–Crippen LogP) is 5.39. The highest BCUT2D eigenvalue weighted by atomic mass is 35.5. The van der Waals surface area contributed by atoms with Crippen LogP contribution in [0.3, 0.4) is 0 Å². The van der Waals surface area contributed by atoms with E-state index in [2.05, 4.69) is 10.5 Å². The number of sulfonamides is 1. The Kier molecular flexibility index (Phi) is 8.79. The standard InChI is InChI=1S/C23H20Cl3N3O4S/c1-2-33-22-6-4-3-5-21(22)29(34(31,32)19-11-9-17(24)10-12-19)15-23(30)28-27-14-16-7-8-18(25)13-20(16)26/h3-14H,2,15H2,1H3,(H,28,30)/b27-14-. The Bertz CT molecular complexity index is 1300. The highest BCUT2D eigenvalue weighted by molar-refractivity contribution is 7.92. The molecule has 34 heavy (non-hydrogen) atoms. The van der Waals surface area contributed by atoms with Crippen LogP contribution in [0.4, 0.5) is 5.69 Å². The van der Waals surface area contributed by atoms with Crippen LogP contribution in [-0.4, -0.2) is 33.7 Å². The summed E-state index contributed by atoms with van der Waals surface area (Å²) >= 11 is 17.9. The van der Waals surface area contributed by atoms with Gasteiger partial charge < -0.3 is 4.74 Å². The molecular weight excluding hydrogens is 521 g/mol. The van der Waals surface area contributed by atoms with Crippen LogP contribution in [0.1, 0.15) is 12.5 Å². The molecule has 0 aliphatic rings. The minimum absolute atomic E-state index is 0.0348. The Morgan fingerprint density at radius 2 is 1.71 bits per heavy atom. The summed E-state index contributed by atoms with van der Waals surface area (Å²) in [6.45, 7) is 1.53. The summed E-state index contributed by atoms with van der Waals surface area (Å²) in [5.74, 6) is -0.364.